The van der Waals surface area contributed by atoms with Crippen molar-refractivity contribution < 1.29 is 4.74 Å². The first-order valence-electron chi connectivity index (χ1n) is 7.02. The highest BCUT2D eigenvalue weighted by molar-refractivity contribution is 5.24. The van der Waals surface area contributed by atoms with E-state index in [1.165, 1.54) is 0 Å². The van der Waals surface area contributed by atoms with Gasteiger partial charge in [-0.25, -0.2) is 5.43 Å². The van der Waals surface area contributed by atoms with Crippen LogP contribution in [0.4, 0.5) is 0 Å². The van der Waals surface area contributed by atoms with E-state index in [4.69, 9.17) is 10.6 Å². The zero-order valence-electron chi connectivity index (χ0n) is 12.0. The zero-order chi connectivity index (χ0) is 16.4. The topological polar surface area (TPSA) is 175 Å². The van der Waals surface area contributed by atoms with E-state index in [2.05, 4.69) is 36.9 Å². The van der Waals surface area contributed by atoms with Crippen LogP contribution in [0.3, 0.4) is 0 Å². The smallest absolute Gasteiger partial charge is 0.165 e. The van der Waals surface area contributed by atoms with Crippen molar-refractivity contribution in [2.45, 2.75) is 30.6 Å². The Kier molecular flexibility index (Phi) is 4.42. The highest BCUT2D eigenvalue weighted by Gasteiger charge is 2.52. The lowest BCUT2D eigenvalue weighted by Gasteiger charge is -2.32. The fraction of sp³-hybridized carbons (Fsp3) is 0.800. The Morgan fingerprint density at radius 2 is 2.04 bits per heavy atom. The minimum Gasteiger partial charge on any atom is -0.366 e. The Balaban J connectivity index is 1.86. The van der Waals surface area contributed by atoms with Crippen LogP contribution in [-0.2, 0) is 4.74 Å². The second-order valence-corrected chi connectivity index (χ2v) is 5.29. The molecular formula is C10H17N9O4. The van der Waals surface area contributed by atoms with Crippen LogP contribution < -0.4 is 27.2 Å². The van der Waals surface area contributed by atoms with Gasteiger partial charge < -0.3 is 20.3 Å². The summed E-state index contributed by atoms with van der Waals surface area (Å²) >= 11 is 0. The summed E-state index contributed by atoms with van der Waals surface area (Å²) in [4.78, 5) is 34.5. The monoisotopic (exact) mass is 327 g/mol. The molecule has 1 fully saturated rings. The molecule has 3 heterocycles. The van der Waals surface area contributed by atoms with Crippen molar-refractivity contribution in [1.29, 1.82) is 0 Å². The Hall–Kier alpha value is -2.22. The highest BCUT2D eigenvalue weighted by atomic mass is 16.5. The Morgan fingerprint density at radius 3 is 2.70 bits per heavy atom. The number of nitroso groups, excluding NO2 is 3. The fourth-order valence-corrected chi connectivity index (χ4v) is 3.08. The molecular weight excluding hydrogens is 310 g/mol. The largest absolute Gasteiger partial charge is 0.366 e. The fourth-order valence-electron chi connectivity index (χ4n) is 3.08. The van der Waals surface area contributed by atoms with E-state index in [-0.39, 0.29) is 12.7 Å². The van der Waals surface area contributed by atoms with Crippen molar-refractivity contribution >= 4 is 0 Å². The van der Waals surface area contributed by atoms with Gasteiger partial charge >= 0.3 is 0 Å². The van der Waals surface area contributed by atoms with Gasteiger partial charge in [0, 0.05) is 0 Å². The number of hydrogen-bond donors (Lipinski definition) is 5. The van der Waals surface area contributed by atoms with Gasteiger partial charge in [-0.15, -0.1) is 0 Å². The summed E-state index contributed by atoms with van der Waals surface area (Å²) < 4.78 is 5.67. The summed E-state index contributed by atoms with van der Waals surface area (Å²) in [6.45, 7) is 0.488. The molecule has 2 unspecified atom stereocenters. The quantitative estimate of drug-likeness (QED) is 0.203. The van der Waals surface area contributed by atoms with Gasteiger partial charge in [-0.3, -0.25) is 11.2 Å². The van der Waals surface area contributed by atoms with E-state index in [1.54, 1.807) is 4.90 Å². The van der Waals surface area contributed by atoms with Crippen LogP contribution in [0.5, 0.6) is 0 Å². The number of nitrogens with two attached hydrogens (primary N) is 1. The second-order valence-electron chi connectivity index (χ2n) is 5.29. The van der Waals surface area contributed by atoms with Crippen LogP contribution in [-0.4, -0.2) is 55.4 Å². The molecule has 0 radical (unpaired) electrons. The predicted molar refractivity (Wildman–Crippen MR) is 77.6 cm³/mol. The molecule has 5 atom stereocenters. The maximum Gasteiger partial charge on any atom is 0.165 e. The van der Waals surface area contributed by atoms with Crippen molar-refractivity contribution in [2.75, 3.05) is 19.9 Å². The zero-order valence-corrected chi connectivity index (χ0v) is 12.0. The van der Waals surface area contributed by atoms with E-state index in [9.17, 15) is 14.7 Å². The third kappa shape index (κ3) is 2.52. The SMILES string of the molecule is NNC1NCNC2=C1NCN2[C@@H]1O[C@H](CN=O)C(N=O)[C@@H]1N=O. The van der Waals surface area contributed by atoms with Gasteiger partial charge in [0.25, 0.3) is 0 Å². The molecule has 0 amide bonds. The number of rotatable bonds is 6. The van der Waals surface area contributed by atoms with Gasteiger partial charge in [-0.1, -0.05) is 15.5 Å². The Bertz CT molecular complexity index is 528. The van der Waals surface area contributed by atoms with E-state index < -0.39 is 24.4 Å². The number of nitrogens with one attached hydrogen (secondary N) is 4. The Morgan fingerprint density at radius 1 is 1.26 bits per heavy atom. The molecule has 13 heteroatoms. The molecule has 0 aromatic heterocycles. The number of ether oxygens (including phenoxy) is 1. The second kappa shape index (κ2) is 6.49. The molecule has 23 heavy (non-hydrogen) atoms. The molecule has 0 aromatic rings. The van der Waals surface area contributed by atoms with Gasteiger partial charge in [-0.2, -0.15) is 14.7 Å². The van der Waals surface area contributed by atoms with Crippen LogP contribution in [0.1, 0.15) is 0 Å². The molecule has 6 N–H and O–H groups in total. The summed E-state index contributed by atoms with van der Waals surface area (Å²) in [6, 6.07) is -2.08. The summed E-state index contributed by atoms with van der Waals surface area (Å²) in [6.07, 6.45) is -1.99. The van der Waals surface area contributed by atoms with Gasteiger partial charge in [-0.05, 0) is 0 Å². The molecule has 1 saturated heterocycles. The highest BCUT2D eigenvalue weighted by Crippen LogP contribution is 2.32. The first-order valence-corrected chi connectivity index (χ1v) is 7.02. The summed E-state index contributed by atoms with van der Waals surface area (Å²) in [5.74, 6) is 6.16. The molecule has 126 valence electrons. The van der Waals surface area contributed by atoms with E-state index in [0.29, 0.717) is 19.2 Å². The van der Waals surface area contributed by atoms with Gasteiger partial charge in [0.2, 0.25) is 0 Å². The minimum absolute atomic E-state index is 0.270. The first-order chi connectivity index (χ1) is 11.2. The van der Waals surface area contributed by atoms with Gasteiger partial charge in [0.1, 0.15) is 24.6 Å². The van der Waals surface area contributed by atoms with E-state index in [0.717, 1.165) is 5.70 Å². The van der Waals surface area contributed by atoms with Gasteiger partial charge in [0.15, 0.2) is 18.3 Å². The first kappa shape index (κ1) is 15.7. The summed E-state index contributed by atoms with van der Waals surface area (Å²) in [5, 5.41) is 18.0. The van der Waals surface area contributed by atoms with Crippen LogP contribution >= 0.6 is 0 Å². The third-order valence-corrected chi connectivity index (χ3v) is 4.14. The van der Waals surface area contributed by atoms with Gasteiger partial charge in [0.05, 0.1) is 19.0 Å². The lowest BCUT2D eigenvalue weighted by atomic mass is 10.1. The van der Waals surface area contributed by atoms with Crippen LogP contribution in [0.2, 0.25) is 0 Å². The maximum absolute atomic E-state index is 11.2. The lowest BCUT2D eigenvalue weighted by Crippen LogP contribution is -2.56. The molecule has 0 aromatic carbocycles. The van der Waals surface area contributed by atoms with E-state index >= 15 is 0 Å². The summed E-state index contributed by atoms with van der Waals surface area (Å²) in [5.41, 5.74) is 3.36. The van der Waals surface area contributed by atoms with Crippen LogP contribution in [0.25, 0.3) is 0 Å². The molecule has 0 saturated carbocycles. The molecule has 0 bridgehead atoms. The molecule has 0 spiro atoms. The molecule has 13 nitrogen and oxygen atoms in total. The molecule has 3 aliphatic rings. The average molecular weight is 327 g/mol. The molecule has 3 rings (SSSR count). The van der Waals surface area contributed by atoms with Crippen molar-refractivity contribution in [1.82, 2.24) is 26.3 Å². The van der Waals surface area contributed by atoms with Crippen LogP contribution in [0, 0.1) is 14.7 Å². The van der Waals surface area contributed by atoms with Crippen molar-refractivity contribution in [2.24, 2.45) is 21.4 Å². The maximum atomic E-state index is 11.2. The van der Waals surface area contributed by atoms with Crippen molar-refractivity contribution in [3.05, 3.63) is 26.2 Å². The van der Waals surface area contributed by atoms with Crippen LogP contribution in [0.15, 0.2) is 27.0 Å². The normalized spacial score (nSPS) is 36.2. The number of hydrazine groups is 1. The third-order valence-electron chi connectivity index (χ3n) is 4.14. The number of nitrogens with zero attached hydrogens (tertiary/aromatic N) is 4. The average Bonchev–Trinajstić information content (AvgIpc) is 3.15. The predicted octanol–water partition coefficient (Wildman–Crippen LogP) is -2.28. The number of hydrogen-bond acceptors (Lipinski definition) is 13. The van der Waals surface area contributed by atoms with E-state index in [1.807, 2.05) is 0 Å². The summed E-state index contributed by atoms with van der Waals surface area (Å²) in [7, 11) is 0. The molecule has 0 aliphatic carbocycles. The lowest BCUT2D eigenvalue weighted by molar-refractivity contribution is -0.0410. The van der Waals surface area contributed by atoms with Crippen molar-refractivity contribution in [3.63, 3.8) is 0 Å². The standard InChI is InChI=1S/C10H17N9O4/c11-16-8-7-9(13-2-12-8)19(3-14-7)10-6(18-22)5(17-21)4(23-10)1-15-20/h4-6,8,10,12-14,16H,1-3,11H2/t4-,5?,6+,8?,10-/m1/s1. The van der Waals surface area contributed by atoms with Crippen molar-refractivity contribution in [3.8, 4) is 0 Å². The Labute approximate surface area is 130 Å². The minimum atomic E-state index is -1.05. The molecule has 3 aliphatic heterocycles.